The van der Waals surface area contributed by atoms with Crippen LogP contribution < -0.4 is 0 Å². The van der Waals surface area contributed by atoms with Crippen LogP contribution in [0.4, 0.5) is 0 Å². The van der Waals surface area contributed by atoms with E-state index in [0.29, 0.717) is 18.6 Å². The molecule has 1 saturated heterocycles. The van der Waals surface area contributed by atoms with Crippen molar-refractivity contribution >= 4 is 16.6 Å². The van der Waals surface area contributed by atoms with Crippen LogP contribution in [0, 0.1) is 5.92 Å². The lowest BCUT2D eigenvalue weighted by Gasteiger charge is -2.41. The molecule has 0 unspecified atom stereocenters. The lowest BCUT2D eigenvalue weighted by Crippen LogP contribution is -2.53. The Hall–Kier alpha value is 0.314. The molecule has 1 aliphatic heterocycles. The van der Waals surface area contributed by atoms with Crippen LogP contribution in [0.2, 0.25) is 36.3 Å². The molecule has 0 aliphatic carbocycles. The summed E-state index contributed by atoms with van der Waals surface area (Å²) in [5, 5.41) is 0. The molecule has 5 heteroatoms. The molecule has 162 valence electrons. The van der Waals surface area contributed by atoms with E-state index in [2.05, 4.69) is 62.3 Å². The van der Waals surface area contributed by atoms with Gasteiger partial charge in [-0.25, -0.2) is 0 Å². The summed E-state index contributed by atoms with van der Waals surface area (Å²) >= 11 is 0. The first-order valence-electron chi connectivity index (χ1n) is 11.7. The van der Waals surface area contributed by atoms with Gasteiger partial charge in [0.15, 0.2) is 16.6 Å². The van der Waals surface area contributed by atoms with Gasteiger partial charge in [-0.1, -0.05) is 61.8 Å². The molecular formula is C22H48O3Si2. The minimum absolute atomic E-state index is 0.165. The predicted octanol–water partition coefficient (Wildman–Crippen LogP) is 6.99. The molecule has 1 rings (SSSR count). The summed E-state index contributed by atoms with van der Waals surface area (Å²) in [6.07, 6.45) is 2.74. The van der Waals surface area contributed by atoms with Gasteiger partial charge in [-0.05, 0) is 49.6 Å². The Bertz CT molecular complexity index is 407. The molecule has 1 fully saturated rings. The van der Waals surface area contributed by atoms with Gasteiger partial charge >= 0.3 is 0 Å². The Balaban J connectivity index is 3.09. The number of rotatable bonds is 13. The van der Waals surface area contributed by atoms with Crippen LogP contribution in [0.15, 0.2) is 0 Å². The highest BCUT2D eigenvalue weighted by atomic mass is 28.4. The monoisotopic (exact) mass is 416 g/mol. The summed E-state index contributed by atoms with van der Waals surface area (Å²) in [5.41, 5.74) is -0.311. The maximum Gasteiger partial charge on any atom is 0.192 e. The molecule has 3 nitrogen and oxygen atoms in total. The zero-order valence-electron chi connectivity index (χ0n) is 19.8. The number of hydrogen-bond donors (Lipinski definition) is 0. The lowest BCUT2D eigenvalue weighted by molar-refractivity contribution is -0.0926. The second kappa shape index (κ2) is 10.9. The molecule has 1 heterocycles. The van der Waals surface area contributed by atoms with Crippen molar-refractivity contribution in [3.63, 3.8) is 0 Å². The molecule has 0 saturated carbocycles. The van der Waals surface area contributed by atoms with Gasteiger partial charge in [-0.2, -0.15) is 0 Å². The summed E-state index contributed by atoms with van der Waals surface area (Å²) in [6.45, 7) is 21.4. The van der Waals surface area contributed by atoms with Gasteiger partial charge < -0.3 is 13.6 Å². The van der Waals surface area contributed by atoms with E-state index in [0.717, 1.165) is 12.8 Å². The summed E-state index contributed by atoms with van der Waals surface area (Å²) in [5.74, 6) is 0.441. The van der Waals surface area contributed by atoms with Crippen molar-refractivity contribution in [1.82, 2.24) is 0 Å². The summed E-state index contributed by atoms with van der Waals surface area (Å²) < 4.78 is 20.5. The normalized spacial score (nSPS) is 29.4. The largest absolute Gasteiger partial charge is 0.414 e. The van der Waals surface area contributed by atoms with Gasteiger partial charge in [0.1, 0.15) is 5.60 Å². The Kier molecular flexibility index (Phi) is 10.2. The zero-order valence-corrected chi connectivity index (χ0v) is 21.8. The molecule has 0 aromatic carbocycles. The molecule has 0 N–H and O–H groups in total. The molecule has 4 atom stereocenters. The van der Waals surface area contributed by atoms with Gasteiger partial charge in [0.2, 0.25) is 0 Å². The van der Waals surface area contributed by atoms with E-state index in [4.69, 9.17) is 13.6 Å². The summed E-state index contributed by atoms with van der Waals surface area (Å²) in [7, 11) is -3.32. The quantitative estimate of drug-likeness (QED) is 0.303. The van der Waals surface area contributed by atoms with Gasteiger partial charge in [-0.15, -0.1) is 0 Å². The first kappa shape index (κ1) is 25.4. The molecule has 0 radical (unpaired) electrons. The fraction of sp³-hybridized carbons (Fsp3) is 1.00. The Morgan fingerprint density at radius 2 is 1.30 bits per heavy atom. The smallest absolute Gasteiger partial charge is 0.192 e. The van der Waals surface area contributed by atoms with Gasteiger partial charge in [0, 0.05) is 5.92 Å². The van der Waals surface area contributed by atoms with Gasteiger partial charge in [0.25, 0.3) is 0 Å². The minimum atomic E-state index is -1.69. The molecule has 0 spiro atoms. The third-order valence-electron chi connectivity index (χ3n) is 7.57. The van der Waals surface area contributed by atoms with Crippen LogP contribution in [0.3, 0.4) is 0 Å². The Morgan fingerprint density at radius 1 is 0.815 bits per heavy atom. The second-order valence-electron chi connectivity index (χ2n) is 8.93. The van der Waals surface area contributed by atoms with Crippen molar-refractivity contribution in [2.75, 3.05) is 6.61 Å². The van der Waals surface area contributed by atoms with Crippen LogP contribution in [0.5, 0.6) is 0 Å². The third-order valence-corrected chi connectivity index (χ3v) is 16.8. The molecule has 1 aliphatic rings. The molecular weight excluding hydrogens is 368 g/mol. The standard InChI is InChI=1S/C22H48O3Si2/c1-10-17-20-19(8)21(25-27(14-5,15-6)16-7)22(9,24-20)18-23-26(11-2,12-3)13-4/h19-21H,10-18H2,1-9H3/t19-,20+,21-,22+/m0/s1. The predicted molar refractivity (Wildman–Crippen MR) is 123 cm³/mol. The lowest BCUT2D eigenvalue weighted by atomic mass is 9.90. The summed E-state index contributed by atoms with van der Waals surface area (Å²) in [4.78, 5) is 0. The van der Waals surface area contributed by atoms with Crippen molar-refractivity contribution in [1.29, 1.82) is 0 Å². The maximum absolute atomic E-state index is 7.07. The first-order chi connectivity index (χ1) is 12.7. The third kappa shape index (κ3) is 5.68. The van der Waals surface area contributed by atoms with Crippen LogP contribution >= 0.6 is 0 Å². The van der Waals surface area contributed by atoms with Gasteiger partial charge in [-0.3, -0.25) is 0 Å². The van der Waals surface area contributed by atoms with E-state index < -0.39 is 16.6 Å². The van der Waals surface area contributed by atoms with Crippen molar-refractivity contribution < 1.29 is 13.6 Å². The zero-order chi connectivity index (χ0) is 20.7. The molecule has 27 heavy (non-hydrogen) atoms. The first-order valence-corrected chi connectivity index (χ1v) is 16.8. The molecule has 0 bridgehead atoms. The van der Waals surface area contributed by atoms with Crippen LogP contribution in [-0.2, 0) is 13.6 Å². The average molecular weight is 417 g/mol. The van der Waals surface area contributed by atoms with Crippen LogP contribution in [0.25, 0.3) is 0 Å². The molecule has 0 aromatic heterocycles. The highest BCUT2D eigenvalue weighted by Gasteiger charge is 2.53. The highest BCUT2D eigenvalue weighted by Crippen LogP contribution is 2.43. The van der Waals surface area contributed by atoms with E-state index in [9.17, 15) is 0 Å². The SMILES string of the molecule is CCC[C@H]1O[C@](C)(CO[Si](CC)(CC)CC)[C@@H](O[Si](CC)(CC)CC)[C@H]1C. The van der Waals surface area contributed by atoms with E-state index in [1.807, 2.05) is 0 Å². The van der Waals surface area contributed by atoms with Crippen LogP contribution in [-0.4, -0.2) is 41.1 Å². The van der Waals surface area contributed by atoms with Crippen molar-refractivity contribution in [2.45, 2.75) is 129 Å². The fourth-order valence-corrected chi connectivity index (χ4v) is 10.6. The van der Waals surface area contributed by atoms with Gasteiger partial charge in [0.05, 0.1) is 18.8 Å². The minimum Gasteiger partial charge on any atom is -0.414 e. The van der Waals surface area contributed by atoms with E-state index >= 15 is 0 Å². The van der Waals surface area contributed by atoms with Crippen LogP contribution in [0.1, 0.15) is 75.2 Å². The second-order valence-corrected chi connectivity index (χ2v) is 18.4. The Morgan fingerprint density at radius 3 is 1.70 bits per heavy atom. The van der Waals surface area contributed by atoms with Crippen molar-refractivity contribution in [2.24, 2.45) is 5.92 Å². The maximum atomic E-state index is 7.07. The Labute approximate surface area is 172 Å². The number of ether oxygens (including phenoxy) is 1. The van der Waals surface area contributed by atoms with Crippen molar-refractivity contribution in [3.8, 4) is 0 Å². The highest BCUT2D eigenvalue weighted by molar-refractivity contribution is 6.74. The van der Waals surface area contributed by atoms with E-state index in [1.165, 1.54) is 36.3 Å². The summed E-state index contributed by atoms with van der Waals surface area (Å²) in [6, 6.07) is 7.13. The van der Waals surface area contributed by atoms with E-state index in [1.54, 1.807) is 0 Å². The molecule has 0 amide bonds. The topological polar surface area (TPSA) is 27.7 Å². The molecule has 0 aromatic rings. The number of hydrogen-bond acceptors (Lipinski definition) is 3. The average Bonchev–Trinajstić information content (AvgIpc) is 2.92. The van der Waals surface area contributed by atoms with E-state index in [-0.39, 0.29) is 11.7 Å². The van der Waals surface area contributed by atoms with Crippen molar-refractivity contribution in [3.05, 3.63) is 0 Å². The fourth-order valence-electron chi connectivity index (χ4n) is 4.85.